The summed E-state index contributed by atoms with van der Waals surface area (Å²) in [6.07, 6.45) is 1.36. The van der Waals surface area contributed by atoms with E-state index in [1.165, 1.54) is 11.1 Å². The topological polar surface area (TPSA) is 24.9 Å². The Bertz CT molecular complexity index is 523. The van der Waals surface area contributed by atoms with Gasteiger partial charge in [-0.25, -0.2) is 4.98 Å². The zero-order valence-corrected chi connectivity index (χ0v) is 11.4. The number of benzene rings is 1. The third-order valence-corrected chi connectivity index (χ3v) is 4.61. The fourth-order valence-electron chi connectivity index (χ4n) is 1.88. The second-order valence-electron chi connectivity index (χ2n) is 4.49. The maximum absolute atomic E-state index is 4.57. The molecular formula is C12H13BrN2S. The minimum Gasteiger partial charge on any atom is -0.361 e. The van der Waals surface area contributed by atoms with Crippen LogP contribution in [0.25, 0.3) is 10.2 Å². The Labute approximate surface area is 107 Å². The molecule has 16 heavy (non-hydrogen) atoms. The lowest BCUT2D eigenvalue weighted by Crippen LogP contribution is -2.03. The van der Waals surface area contributed by atoms with Crippen molar-refractivity contribution in [1.29, 1.82) is 0 Å². The normalized spacial score (nSPS) is 23.6. The SMILES string of the molecule is CC1CC1CNc1nc2ccc(Br)cc2s1. The second kappa shape index (κ2) is 4.00. The first-order chi connectivity index (χ1) is 7.72. The number of fused-ring (bicyclic) bond motifs is 1. The smallest absolute Gasteiger partial charge is 0.183 e. The van der Waals surface area contributed by atoms with Gasteiger partial charge >= 0.3 is 0 Å². The molecule has 1 aliphatic carbocycles. The van der Waals surface area contributed by atoms with E-state index in [9.17, 15) is 0 Å². The van der Waals surface area contributed by atoms with Gasteiger partial charge in [0, 0.05) is 11.0 Å². The summed E-state index contributed by atoms with van der Waals surface area (Å²) < 4.78 is 2.35. The first-order valence-corrected chi connectivity index (χ1v) is 7.13. The van der Waals surface area contributed by atoms with Crippen molar-refractivity contribution in [2.45, 2.75) is 13.3 Å². The van der Waals surface area contributed by atoms with Crippen LogP contribution in [0.4, 0.5) is 5.13 Å². The molecular weight excluding hydrogens is 284 g/mol. The molecule has 1 aliphatic rings. The highest BCUT2D eigenvalue weighted by Gasteiger charge is 2.32. The Morgan fingerprint density at radius 2 is 2.38 bits per heavy atom. The van der Waals surface area contributed by atoms with Crippen LogP contribution >= 0.6 is 27.3 Å². The number of nitrogens with zero attached hydrogens (tertiary/aromatic N) is 1. The van der Waals surface area contributed by atoms with Crippen molar-refractivity contribution in [3.05, 3.63) is 22.7 Å². The highest BCUT2D eigenvalue weighted by molar-refractivity contribution is 9.10. The van der Waals surface area contributed by atoms with Gasteiger partial charge < -0.3 is 5.32 Å². The summed E-state index contributed by atoms with van der Waals surface area (Å²) in [5.74, 6) is 1.76. The molecule has 1 aromatic carbocycles. The van der Waals surface area contributed by atoms with Crippen LogP contribution in [0.2, 0.25) is 0 Å². The number of halogens is 1. The van der Waals surface area contributed by atoms with Crippen molar-refractivity contribution >= 4 is 42.6 Å². The van der Waals surface area contributed by atoms with Crippen molar-refractivity contribution in [3.63, 3.8) is 0 Å². The number of hydrogen-bond donors (Lipinski definition) is 1. The van der Waals surface area contributed by atoms with Crippen molar-refractivity contribution < 1.29 is 0 Å². The van der Waals surface area contributed by atoms with Crippen LogP contribution in [0.1, 0.15) is 13.3 Å². The van der Waals surface area contributed by atoms with Gasteiger partial charge in [-0.2, -0.15) is 0 Å². The molecule has 3 rings (SSSR count). The molecule has 0 amide bonds. The number of thiazole rings is 1. The van der Waals surface area contributed by atoms with Crippen molar-refractivity contribution in [2.75, 3.05) is 11.9 Å². The second-order valence-corrected chi connectivity index (χ2v) is 6.43. The van der Waals surface area contributed by atoms with E-state index >= 15 is 0 Å². The third kappa shape index (κ3) is 2.09. The molecule has 1 heterocycles. The summed E-state index contributed by atoms with van der Waals surface area (Å²) in [4.78, 5) is 4.57. The van der Waals surface area contributed by atoms with E-state index in [0.717, 1.165) is 33.5 Å². The van der Waals surface area contributed by atoms with Gasteiger partial charge in [0.2, 0.25) is 0 Å². The molecule has 1 aromatic heterocycles. The van der Waals surface area contributed by atoms with Crippen molar-refractivity contribution in [1.82, 2.24) is 4.98 Å². The number of aromatic nitrogens is 1. The minimum atomic E-state index is 0.860. The number of anilines is 1. The molecule has 0 spiro atoms. The van der Waals surface area contributed by atoms with Gasteiger partial charge in [-0.15, -0.1) is 0 Å². The first-order valence-electron chi connectivity index (χ1n) is 5.52. The lowest BCUT2D eigenvalue weighted by Gasteiger charge is -1.98. The summed E-state index contributed by atoms with van der Waals surface area (Å²) in [7, 11) is 0. The molecule has 4 heteroatoms. The van der Waals surface area contributed by atoms with Gasteiger partial charge in [0.15, 0.2) is 5.13 Å². The molecule has 2 atom stereocenters. The average Bonchev–Trinajstić information content (AvgIpc) is 2.81. The fraction of sp³-hybridized carbons (Fsp3) is 0.417. The highest BCUT2D eigenvalue weighted by atomic mass is 79.9. The fourth-order valence-corrected chi connectivity index (χ4v) is 3.30. The van der Waals surface area contributed by atoms with Crippen molar-refractivity contribution in [3.8, 4) is 0 Å². The highest BCUT2D eigenvalue weighted by Crippen LogP contribution is 2.38. The van der Waals surface area contributed by atoms with E-state index in [1.807, 2.05) is 6.07 Å². The van der Waals surface area contributed by atoms with E-state index in [1.54, 1.807) is 11.3 Å². The van der Waals surface area contributed by atoms with Crippen LogP contribution in [0.15, 0.2) is 22.7 Å². The van der Waals surface area contributed by atoms with E-state index in [0.29, 0.717) is 0 Å². The predicted molar refractivity (Wildman–Crippen MR) is 73.1 cm³/mol. The van der Waals surface area contributed by atoms with Gasteiger partial charge in [-0.05, 0) is 36.5 Å². The standard InChI is InChI=1S/C12H13BrN2S/c1-7-4-8(7)6-14-12-15-10-3-2-9(13)5-11(10)16-12/h2-3,5,7-8H,4,6H2,1H3,(H,14,15). The molecule has 2 unspecified atom stereocenters. The maximum Gasteiger partial charge on any atom is 0.183 e. The van der Waals surface area contributed by atoms with Gasteiger partial charge in [-0.3, -0.25) is 0 Å². The Hall–Kier alpha value is -0.610. The van der Waals surface area contributed by atoms with Crippen LogP contribution in [0.3, 0.4) is 0 Å². The minimum absolute atomic E-state index is 0.860. The largest absolute Gasteiger partial charge is 0.361 e. The van der Waals surface area contributed by atoms with E-state index < -0.39 is 0 Å². The zero-order chi connectivity index (χ0) is 11.1. The molecule has 1 fully saturated rings. The quantitative estimate of drug-likeness (QED) is 0.921. The Kier molecular flexibility index (Phi) is 2.64. The summed E-state index contributed by atoms with van der Waals surface area (Å²) >= 11 is 5.21. The van der Waals surface area contributed by atoms with Crippen LogP contribution in [0, 0.1) is 11.8 Å². The monoisotopic (exact) mass is 296 g/mol. The summed E-state index contributed by atoms with van der Waals surface area (Å²) in [6, 6.07) is 6.22. The van der Waals surface area contributed by atoms with Crippen molar-refractivity contribution in [2.24, 2.45) is 11.8 Å². The zero-order valence-electron chi connectivity index (χ0n) is 9.03. The van der Waals surface area contributed by atoms with E-state index in [2.05, 4.69) is 45.3 Å². The average molecular weight is 297 g/mol. The van der Waals surface area contributed by atoms with Crippen LogP contribution < -0.4 is 5.32 Å². The Morgan fingerprint density at radius 3 is 3.12 bits per heavy atom. The molecule has 1 saturated carbocycles. The van der Waals surface area contributed by atoms with Gasteiger partial charge in [0.25, 0.3) is 0 Å². The molecule has 2 nitrogen and oxygen atoms in total. The van der Waals surface area contributed by atoms with Crippen LogP contribution in [0.5, 0.6) is 0 Å². The molecule has 84 valence electrons. The summed E-state index contributed by atoms with van der Waals surface area (Å²) in [5.41, 5.74) is 1.08. The number of hydrogen-bond acceptors (Lipinski definition) is 3. The summed E-state index contributed by atoms with van der Waals surface area (Å²) in [5, 5.41) is 4.49. The number of rotatable bonds is 3. The Morgan fingerprint density at radius 1 is 1.56 bits per heavy atom. The van der Waals surface area contributed by atoms with Gasteiger partial charge in [0.1, 0.15) is 0 Å². The lowest BCUT2D eigenvalue weighted by atomic mass is 10.3. The first kappa shape index (κ1) is 10.5. The molecule has 1 N–H and O–H groups in total. The maximum atomic E-state index is 4.57. The molecule has 0 bridgehead atoms. The van der Waals surface area contributed by atoms with Crippen LogP contribution in [-0.4, -0.2) is 11.5 Å². The third-order valence-electron chi connectivity index (χ3n) is 3.14. The van der Waals surface area contributed by atoms with Gasteiger partial charge in [0.05, 0.1) is 10.2 Å². The van der Waals surface area contributed by atoms with Gasteiger partial charge in [-0.1, -0.05) is 34.2 Å². The molecule has 0 aliphatic heterocycles. The van der Waals surface area contributed by atoms with Crippen LogP contribution in [-0.2, 0) is 0 Å². The lowest BCUT2D eigenvalue weighted by molar-refractivity contribution is 0.787. The van der Waals surface area contributed by atoms with E-state index in [4.69, 9.17) is 0 Å². The Balaban J connectivity index is 1.77. The summed E-state index contributed by atoms with van der Waals surface area (Å²) in [6.45, 7) is 3.38. The molecule has 0 saturated heterocycles. The predicted octanol–water partition coefficient (Wildman–Crippen LogP) is 4.13. The molecule has 2 aromatic rings. The number of nitrogens with one attached hydrogen (secondary N) is 1. The molecule has 0 radical (unpaired) electrons. The van der Waals surface area contributed by atoms with E-state index in [-0.39, 0.29) is 0 Å².